The fraction of sp³-hybridized carbons (Fsp3) is 0.600. The lowest BCUT2D eigenvalue weighted by molar-refractivity contribution is -0.144. The Labute approximate surface area is 309 Å². The number of carbonyl (C=O) groups excluding carboxylic acids is 5. The van der Waals surface area contributed by atoms with Gasteiger partial charge in [-0.2, -0.15) is 0 Å². The number of carboxylic acid groups (broad SMARTS) is 2. The molecule has 53 heavy (non-hydrogen) atoms. The molecule has 0 bridgehead atoms. The molecule has 1 aliphatic heterocycles. The molecule has 2 rings (SSSR count). The molecule has 1 heterocycles. The van der Waals surface area contributed by atoms with Crippen LogP contribution in [0.15, 0.2) is 35.3 Å². The van der Waals surface area contributed by atoms with Crippen LogP contribution in [0.4, 0.5) is 0 Å². The Morgan fingerprint density at radius 3 is 2.06 bits per heavy atom. The Balaban J connectivity index is 2.32. The number of guanidine groups is 1. The first-order valence-electron chi connectivity index (χ1n) is 17.8. The highest BCUT2D eigenvalue weighted by atomic mass is 16.4. The van der Waals surface area contributed by atoms with Crippen molar-refractivity contribution in [3.8, 4) is 0 Å². The van der Waals surface area contributed by atoms with Gasteiger partial charge in [0, 0.05) is 19.5 Å². The van der Waals surface area contributed by atoms with Crippen molar-refractivity contribution >= 4 is 47.4 Å². The van der Waals surface area contributed by atoms with Crippen LogP contribution in [0.1, 0.15) is 71.8 Å². The summed E-state index contributed by atoms with van der Waals surface area (Å²) in [5, 5.41) is 29.3. The number of hydrogen-bond donors (Lipinski definition) is 9. The molecule has 1 aromatic rings. The van der Waals surface area contributed by atoms with Gasteiger partial charge in [0.15, 0.2) is 5.96 Å². The van der Waals surface area contributed by atoms with Gasteiger partial charge in [0.25, 0.3) is 0 Å². The lowest BCUT2D eigenvalue weighted by atomic mass is 9.96. The van der Waals surface area contributed by atoms with E-state index in [-0.39, 0.29) is 43.6 Å². The lowest BCUT2D eigenvalue weighted by Gasteiger charge is -2.31. The van der Waals surface area contributed by atoms with Crippen molar-refractivity contribution in [3.05, 3.63) is 35.9 Å². The monoisotopic (exact) mass is 745 g/mol. The zero-order valence-corrected chi connectivity index (χ0v) is 30.7. The predicted octanol–water partition coefficient (Wildman–Crippen LogP) is -1.20. The van der Waals surface area contributed by atoms with Crippen LogP contribution in [0.2, 0.25) is 0 Å². The number of nitrogens with one attached hydrogen (secondary N) is 4. The fourth-order valence-electron chi connectivity index (χ4n) is 5.74. The smallest absolute Gasteiger partial charge is 0.326 e. The molecule has 0 saturated carbocycles. The second kappa shape index (κ2) is 21.3. The van der Waals surface area contributed by atoms with E-state index in [9.17, 15) is 43.8 Å². The second-order valence-electron chi connectivity index (χ2n) is 13.6. The molecular weight excluding hydrogens is 690 g/mol. The van der Waals surface area contributed by atoms with Gasteiger partial charge in [0.1, 0.15) is 30.2 Å². The number of nitrogens with zero attached hydrogens (tertiary/aromatic N) is 2. The number of rotatable bonds is 21. The fourth-order valence-corrected chi connectivity index (χ4v) is 5.74. The summed E-state index contributed by atoms with van der Waals surface area (Å²) in [7, 11) is 0. The van der Waals surface area contributed by atoms with Crippen molar-refractivity contribution in [2.24, 2.45) is 34.0 Å². The summed E-state index contributed by atoms with van der Waals surface area (Å²) < 4.78 is 0. The van der Waals surface area contributed by atoms with E-state index in [2.05, 4.69) is 26.3 Å². The summed E-state index contributed by atoms with van der Waals surface area (Å²) in [5.74, 6) is -7.24. The van der Waals surface area contributed by atoms with E-state index in [1.807, 2.05) is 6.92 Å². The van der Waals surface area contributed by atoms with Crippen molar-refractivity contribution in [3.63, 3.8) is 0 Å². The molecule has 1 aliphatic rings. The van der Waals surface area contributed by atoms with Gasteiger partial charge < -0.3 is 53.6 Å². The number of likely N-dealkylation sites (tertiary alicyclic amines) is 1. The molecule has 0 unspecified atom stereocenters. The Morgan fingerprint density at radius 1 is 0.887 bits per heavy atom. The van der Waals surface area contributed by atoms with Crippen LogP contribution >= 0.6 is 0 Å². The maximum absolute atomic E-state index is 13.9. The molecule has 1 saturated heterocycles. The van der Waals surface area contributed by atoms with Crippen molar-refractivity contribution < 1.29 is 43.8 Å². The normalized spacial score (nSPS) is 17.3. The largest absolute Gasteiger partial charge is 0.481 e. The van der Waals surface area contributed by atoms with Crippen LogP contribution in [0.3, 0.4) is 0 Å². The number of amides is 5. The highest BCUT2D eigenvalue weighted by Gasteiger charge is 2.40. The van der Waals surface area contributed by atoms with E-state index < -0.39 is 84.2 Å². The van der Waals surface area contributed by atoms with E-state index in [1.54, 1.807) is 51.1 Å². The standard InChI is InChI=1S/C35H55N9O9/c1-5-20(4)28(43-31(49)25-14-10-16-44(25)33(51)27(36)19(2)3)32(50)42-23(17-21-11-7-6-8-12-21)29(47)41-24(18-26(45)46)30(48)40-22(34(52)53)13-9-15-39-35(37)38/h6-8,11-12,19-20,22-25,27-28H,5,9-10,13-18,36H2,1-4H3,(H,40,48)(H,41,47)(H,42,50)(H,43,49)(H,45,46)(H,52,53)(H4,37,38,39)/t20-,22-,23-,24-,25-,27-,28-/m0/s1. The summed E-state index contributed by atoms with van der Waals surface area (Å²) >= 11 is 0. The van der Waals surface area contributed by atoms with Gasteiger partial charge in [-0.3, -0.25) is 33.8 Å². The van der Waals surface area contributed by atoms with Crippen molar-refractivity contribution in [1.82, 2.24) is 26.2 Å². The maximum Gasteiger partial charge on any atom is 0.326 e. The van der Waals surface area contributed by atoms with Crippen LogP contribution in [-0.2, 0) is 40.0 Å². The molecule has 1 aromatic carbocycles. The molecule has 7 atom stereocenters. The molecule has 12 N–H and O–H groups in total. The topological polar surface area (TPSA) is 302 Å². The molecule has 1 fully saturated rings. The Kier molecular flexibility index (Phi) is 17.7. The van der Waals surface area contributed by atoms with Gasteiger partial charge in [-0.05, 0) is 43.1 Å². The Morgan fingerprint density at radius 2 is 1.49 bits per heavy atom. The summed E-state index contributed by atoms with van der Waals surface area (Å²) in [4.78, 5) is 96.4. The number of carbonyl (C=O) groups is 7. The number of aliphatic carboxylic acids is 2. The minimum absolute atomic E-state index is 0.0818. The first-order chi connectivity index (χ1) is 25.0. The van der Waals surface area contributed by atoms with E-state index in [0.29, 0.717) is 31.4 Å². The van der Waals surface area contributed by atoms with Gasteiger partial charge in [-0.1, -0.05) is 64.4 Å². The number of benzene rings is 1. The zero-order chi connectivity index (χ0) is 39.8. The minimum atomic E-state index is -1.72. The summed E-state index contributed by atoms with van der Waals surface area (Å²) in [6.45, 7) is 7.60. The first kappa shape index (κ1) is 43.9. The maximum atomic E-state index is 13.9. The van der Waals surface area contributed by atoms with E-state index in [1.165, 1.54) is 4.90 Å². The first-order valence-corrected chi connectivity index (χ1v) is 17.8. The highest BCUT2D eigenvalue weighted by molar-refractivity contribution is 5.97. The molecule has 18 nitrogen and oxygen atoms in total. The van der Waals surface area contributed by atoms with Crippen molar-refractivity contribution in [2.45, 2.75) is 109 Å². The zero-order valence-electron chi connectivity index (χ0n) is 30.7. The second-order valence-corrected chi connectivity index (χ2v) is 13.6. The third-order valence-corrected chi connectivity index (χ3v) is 9.12. The number of carboxylic acids is 2. The molecule has 18 heteroatoms. The van der Waals surface area contributed by atoms with E-state index in [4.69, 9.17) is 17.2 Å². The molecule has 0 radical (unpaired) electrons. The quantitative estimate of drug-likeness (QED) is 0.0407. The third-order valence-electron chi connectivity index (χ3n) is 9.12. The third kappa shape index (κ3) is 14.0. The van der Waals surface area contributed by atoms with Crippen LogP contribution in [0, 0.1) is 11.8 Å². The predicted molar refractivity (Wildman–Crippen MR) is 195 cm³/mol. The number of nitrogens with two attached hydrogens (primary N) is 3. The van der Waals surface area contributed by atoms with E-state index in [0.717, 1.165) is 0 Å². The van der Waals surface area contributed by atoms with Crippen molar-refractivity contribution in [1.29, 1.82) is 0 Å². The lowest BCUT2D eigenvalue weighted by Crippen LogP contribution is -2.60. The van der Waals surface area contributed by atoms with Crippen LogP contribution in [-0.4, -0.2) is 112 Å². The van der Waals surface area contributed by atoms with Gasteiger partial charge in [0.2, 0.25) is 29.5 Å². The summed E-state index contributed by atoms with van der Waals surface area (Å²) in [5.41, 5.74) is 17.3. The van der Waals surface area contributed by atoms with Crippen LogP contribution < -0.4 is 38.5 Å². The Hall–Kier alpha value is -5.26. The molecule has 5 amide bonds. The van der Waals surface area contributed by atoms with Crippen LogP contribution in [0.25, 0.3) is 0 Å². The number of aliphatic imine (C=N–C) groups is 1. The minimum Gasteiger partial charge on any atom is -0.481 e. The Bertz CT molecular complexity index is 1470. The molecule has 0 spiro atoms. The molecule has 0 aromatic heterocycles. The average molecular weight is 746 g/mol. The molecule has 294 valence electrons. The van der Waals surface area contributed by atoms with Gasteiger partial charge in [0.05, 0.1) is 12.5 Å². The molecular formula is C35H55N9O9. The van der Waals surface area contributed by atoms with Gasteiger partial charge >= 0.3 is 11.9 Å². The van der Waals surface area contributed by atoms with Gasteiger partial charge in [-0.15, -0.1) is 0 Å². The van der Waals surface area contributed by atoms with Crippen molar-refractivity contribution in [2.75, 3.05) is 13.1 Å². The SMILES string of the molecule is CC[C@H](C)[C@H](NC(=O)[C@@H]1CCCN1C(=O)[C@@H](N)C(C)C)C(=O)N[C@@H](Cc1ccccc1)C(=O)N[C@@H](CC(=O)O)C(=O)N[C@@H](CCCN=C(N)N)C(=O)O. The molecule has 0 aliphatic carbocycles. The van der Waals surface area contributed by atoms with E-state index >= 15 is 0 Å². The van der Waals surface area contributed by atoms with Gasteiger partial charge in [-0.25, -0.2) is 4.79 Å². The highest BCUT2D eigenvalue weighted by Crippen LogP contribution is 2.21. The summed E-state index contributed by atoms with van der Waals surface area (Å²) in [6.07, 6.45) is 0.501. The summed E-state index contributed by atoms with van der Waals surface area (Å²) in [6, 6.07) is 1.29. The van der Waals surface area contributed by atoms with Crippen LogP contribution in [0.5, 0.6) is 0 Å². The average Bonchev–Trinajstić information content (AvgIpc) is 3.60. The number of hydrogen-bond acceptors (Lipinski definition) is 9.